The molecule has 2 heterocycles. The molecule has 0 radical (unpaired) electrons. The summed E-state index contributed by atoms with van der Waals surface area (Å²) in [5.41, 5.74) is 2.67. The third-order valence-corrected chi connectivity index (χ3v) is 4.15. The minimum atomic E-state index is 0.436. The number of ether oxygens (including phenoxy) is 1. The molecule has 0 atom stereocenters. The second kappa shape index (κ2) is 5.88. The van der Waals surface area contributed by atoms with Crippen LogP contribution in [0.1, 0.15) is 31.2 Å². The van der Waals surface area contributed by atoms with Crippen LogP contribution in [0.5, 0.6) is 0 Å². The molecular weight excluding hydrogens is 238 g/mol. The summed E-state index contributed by atoms with van der Waals surface area (Å²) in [6.45, 7) is 3.11. The average molecular weight is 261 g/mol. The Morgan fingerprint density at radius 3 is 2.79 bits per heavy atom. The largest absolute Gasteiger partial charge is 0.381 e. The van der Waals surface area contributed by atoms with Gasteiger partial charge in [0.25, 0.3) is 0 Å². The minimum absolute atomic E-state index is 0.436. The van der Waals surface area contributed by atoms with Gasteiger partial charge in [0.1, 0.15) is 0 Å². The monoisotopic (exact) mass is 261 g/mol. The molecule has 4 nitrogen and oxygen atoms in total. The molecule has 0 bridgehead atoms. The fourth-order valence-electron chi connectivity index (χ4n) is 2.74. The van der Waals surface area contributed by atoms with Crippen molar-refractivity contribution in [2.45, 2.75) is 44.4 Å². The molecule has 0 aromatic carbocycles. The van der Waals surface area contributed by atoms with E-state index in [2.05, 4.69) is 21.3 Å². The number of piperidine rings is 1. The van der Waals surface area contributed by atoms with Crippen molar-refractivity contribution >= 4 is 5.69 Å². The molecule has 2 aliphatic rings. The highest BCUT2D eigenvalue weighted by Gasteiger charge is 2.23. The van der Waals surface area contributed by atoms with Crippen molar-refractivity contribution in [1.82, 2.24) is 10.3 Å². The van der Waals surface area contributed by atoms with Gasteiger partial charge in [-0.15, -0.1) is 0 Å². The minimum Gasteiger partial charge on any atom is -0.381 e. The molecule has 0 amide bonds. The van der Waals surface area contributed by atoms with E-state index >= 15 is 0 Å². The molecule has 2 fully saturated rings. The summed E-state index contributed by atoms with van der Waals surface area (Å²) < 4.78 is 5.44. The SMILES string of the molecule is COC1CCN(c2ccncc2CNC2CC2)CC1. The second-order valence-electron chi connectivity index (χ2n) is 5.58. The van der Waals surface area contributed by atoms with Gasteiger partial charge in [-0.05, 0) is 31.7 Å². The average Bonchev–Trinajstić information content (AvgIpc) is 3.30. The van der Waals surface area contributed by atoms with E-state index in [1.54, 1.807) is 0 Å². The number of methoxy groups -OCH3 is 1. The lowest BCUT2D eigenvalue weighted by Crippen LogP contribution is -2.37. The smallest absolute Gasteiger partial charge is 0.0605 e. The first-order valence-electron chi connectivity index (χ1n) is 7.31. The maximum absolute atomic E-state index is 5.44. The van der Waals surface area contributed by atoms with Gasteiger partial charge >= 0.3 is 0 Å². The summed E-state index contributed by atoms with van der Waals surface area (Å²) >= 11 is 0. The molecular formula is C15H23N3O. The summed E-state index contributed by atoms with van der Waals surface area (Å²) in [4.78, 5) is 6.75. The molecule has 1 aromatic heterocycles. The maximum Gasteiger partial charge on any atom is 0.0605 e. The molecule has 104 valence electrons. The van der Waals surface area contributed by atoms with Crippen molar-refractivity contribution < 1.29 is 4.74 Å². The van der Waals surface area contributed by atoms with E-state index in [0.717, 1.165) is 38.5 Å². The standard InChI is InChI=1S/C15H23N3O/c1-19-14-5-8-18(9-6-14)15-4-7-16-10-12(15)11-17-13-2-3-13/h4,7,10,13-14,17H,2-3,5-6,8-9,11H2,1H3. The first-order chi connectivity index (χ1) is 9.36. The Morgan fingerprint density at radius 1 is 1.32 bits per heavy atom. The molecule has 19 heavy (non-hydrogen) atoms. The fourth-order valence-corrected chi connectivity index (χ4v) is 2.74. The van der Waals surface area contributed by atoms with Gasteiger partial charge in [-0.1, -0.05) is 0 Å². The highest BCUT2D eigenvalue weighted by atomic mass is 16.5. The Kier molecular flexibility index (Phi) is 3.99. The molecule has 1 aliphatic heterocycles. The van der Waals surface area contributed by atoms with Gasteiger partial charge in [0.2, 0.25) is 0 Å². The number of hydrogen-bond acceptors (Lipinski definition) is 4. The first kappa shape index (κ1) is 12.9. The van der Waals surface area contributed by atoms with Crippen LogP contribution in [-0.4, -0.2) is 37.3 Å². The third-order valence-electron chi connectivity index (χ3n) is 4.15. The number of rotatable bonds is 5. The van der Waals surface area contributed by atoms with Crippen molar-refractivity contribution in [3.05, 3.63) is 24.0 Å². The molecule has 1 N–H and O–H groups in total. The van der Waals surface area contributed by atoms with Gasteiger partial charge in [0.15, 0.2) is 0 Å². The molecule has 0 spiro atoms. The van der Waals surface area contributed by atoms with Gasteiger partial charge < -0.3 is 15.0 Å². The van der Waals surface area contributed by atoms with Crippen LogP contribution in [0.4, 0.5) is 5.69 Å². The normalized spacial score (nSPS) is 20.8. The Morgan fingerprint density at radius 2 is 2.11 bits per heavy atom. The first-order valence-corrected chi connectivity index (χ1v) is 7.31. The van der Waals surface area contributed by atoms with Gasteiger partial charge in [-0.25, -0.2) is 0 Å². The van der Waals surface area contributed by atoms with Crippen LogP contribution in [0.25, 0.3) is 0 Å². The Hall–Kier alpha value is -1.13. The van der Waals surface area contributed by atoms with Crippen molar-refractivity contribution in [1.29, 1.82) is 0 Å². The Balaban J connectivity index is 1.65. The number of nitrogens with zero attached hydrogens (tertiary/aromatic N) is 2. The van der Waals surface area contributed by atoms with Crippen LogP contribution in [0.3, 0.4) is 0 Å². The van der Waals surface area contributed by atoms with Crippen LogP contribution in [0.15, 0.2) is 18.5 Å². The van der Waals surface area contributed by atoms with Crippen LogP contribution in [0, 0.1) is 0 Å². The van der Waals surface area contributed by atoms with E-state index in [-0.39, 0.29) is 0 Å². The summed E-state index contributed by atoms with van der Waals surface area (Å²) in [6.07, 6.45) is 9.24. The van der Waals surface area contributed by atoms with E-state index in [4.69, 9.17) is 4.74 Å². The lowest BCUT2D eigenvalue weighted by Gasteiger charge is -2.34. The quantitative estimate of drug-likeness (QED) is 0.879. The zero-order valence-corrected chi connectivity index (χ0v) is 11.6. The van der Waals surface area contributed by atoms with Crippen molar-refractivity contribution in [2.24, 2.45) is 0 Å². The molecule has 4 heteroatoms. The van der Waals surface area contributed by atoms with Crippen LogP contribution < -0.4 is 10.2 Å². The summed E-state index contributed by atoms with van der Waals surface area (Å²) in [5.74, 6) is 0. The van der Waals surface area contributed by atoms with Crippen molar-refractivity contribution in [3.8, 4) is 0 Å². The van der Waals surface area contributed by atoms with Crippen LogP contribution >= 0.6 is 0 Å². The number of nitrogens with one attached hydrogen (secondary N) is 1. The number of aromatic nitrogens is 1. The predicted molar refractivity (Wildman–Crippen MR) is 76.3 cm³/mol. The molecule has 1 saturated carbocycles. The number of hydrogen-bond donors (Lipinski definition) is 1. The predicted octanol–water partition coefficient (Wildman–Crippen LogP) is 1.95. The van der Waals surface area contributed by atoms with Gasteiger partial charge in [0.05, 0.1) is 6.10 Å². The van der Waals surface area contributed by atoms with Gasteiger partial charge in [-0.3, -0.25) is 4.98 Å². The fraction of sp³-hybridized carbons (Fsp3) is 0.667. The second-order valence-corrected chi connectivity index (χ2v) is 5.58. The maximum atomic E-state index is 5.44. The van der Waals surface area contributed by atoms with E-state index < -0.39 is 0 Å². The zero-order valence-electron chi connectivity index (χ0n) is 11.6. The summed E-state index contributed by atoms with van der Waals surface area (Å²) in [7, 11) is 1.82. The van der Waals surface area contributed by atoms with Gasteiger partial charge in [-0.2, -0.15) is 0 Å². The summed E-state index contributed by atoms with van der Waals surface area (Å²) in [6, 6.07) is 2.89. The Bertz CT molecular complexity index is 412. The topological polar surface area (TPSA) is 37.4 Å². The molecule has 1 aromatic rings. The van der Waals surface area contributed by atoms with Gasteiger partial charge in [0, 0.05) is 56.4 Å². The Labute approximate surface area is 115 Å². The van der Waals surface area contributed by atoms with E-state index in [1.807, 2.05) is 19.5 Å². The number of anilines is 1. The summed E-state index contributed by atoms with van der Waals surface area (Å²) in [5, 5.41) is 3.58. The lowest BCUT2D eigenvalue weighted by atomic mass is 10.1. The highest BCUT2D eigenvalue weighted by molar-refractivity contribution is 5.52. The van der Waals surface area contributed by atoms with E-state index in [1.165, 1.54) is 24.1 Å². The van der Waals surface area contributed by atoms with Crippen LogP contribution in [0.2, 0.25) is 0 Å². The number of pyridine rings is 1. The zero-order chi connectivity index (χ0) is 13.1. The molecule has 1 saturated heterocycles. The molecule has 1 aliphatic carbocycles. The molecule has 0 unspecified atom stereocenters. The van der Waals surface area contributed by atoms with Crippen molar-refractivity contribution in [2.75, 3.05) is 25.1 Å². The molecule has 3 rings (SSSR count). The van der Waals surface area contributed by atoms with E-state index in [0.29, 0.717) is 6.10 Å². The highest BCUT2D eigenvalue weighted by Crippen LogP contribution is 2.25. The van der Waals surface area contributed by atoms with Crippen molar-refractivity contribution in [3.63, 3.8) is 0 Å². The lowest BCUT2D eigenvalue weighted by molar-refractivity contribution is 0.0819. The van der Waals surface area contributed by atoms with Crippen LogP contribution in [-0.2, 0) is 11.3 Å². The third kappa shape index (κ3) is 3.25. The van der Waals surface area contributed by atoms with E-state index in [9.17, 15) is 0 Å².